The molecule has 0 amide bonds. The highest BCUT2D eigenvalue weighted by atomic mass is 35.5. The van der Waals surface area contributed by atoms with E-state index in [1.54, 1.807) is 0 Å². The molecule has 1 fully saturated rings. The summed E-state index contributed by atoms with van der Waals surface area (Å²) < 4.78 is 0. The minimum absolute atomic E-state index is 0.229. The third kappa shape index (κ3) is 3.89. The van der Waals surface area contributed by atoms with Crippen molar-refractivity contribution in [1.82, 2.24) is 10.2 Å². The zero-order valence-corrected chi connectivity index (χ0v) is 13.8. The third-order valence-electron chi connectivity index (χ3n) is 4.46. The summed E-state index contributed by atoms with van der Waals surface area (Å²) in [5, 5.41) is 4.65. The van der Waals surface area contributed by atoms with E-state index in [9.17, 15) is 0 Å². The van der Waals surface area contributed by atoms with E-state index in [-0.39, 0.29) is 6.04 Å². The quantitative estimate of drug-likeness (QED) is 0.913. The molecule has 3 rings (SSSR count). The Morgan fingerprint density at radius 2 is 1.55 bits per heavy atom. The van der Waals surface area contributed by atoms with Crippen molar-refractivity contribution in [2.45, 2.75) is 24.9 Å². The molecule has 0 radical (unpaired) electrons. The fourth-order valence-corrected chi connectivity index (χ4v) is 3.22. The van der Waals surface area contributed by atoms with E-state index in [1.165, 1.54) is 37.1 Å². The van der Waals surface area contributed by atoms with Crippen LogP contribution >= 0.6 is 11.6 Å². The monoisotopic (exact) mass is 314 g/mol. The minimum Gasteiger partial charge on any atom is -0.306 e. The third-order valence-corrected chi connectivity index (χ3v) is 4.71. The Kier molecular flexibility index (Phi) is 5.14. The van der Waals surface area contributed by atoms with Gasteiger partial charge in [-0.2, -0.15) is 0 Å². The van der Waals surface area contributed by atoms with Crippen LogP contribution in [0.5, 0.6) is 0 Å². The molecule has 2 aromatic carbocycles. The number of halogens is 1. The van der Waals surface area contributed by atoms with Crippen LogP contribution in [0.4, 0.5) is 0 Å². The molecule has 1 heterocycles. The van der Waals surface area contributed by atoms with Crippen molar-refractivity contribution < 1.29 is 0 Å². The summed E-state index contributed by atoms with van der Waals surface area (Å²) in [6.45, 7) is 2.33. The molecule has 1 N–H and O–H groups in total. The average molecular weight is 315 g/mol. The number of rotatable bonds is 4. The summed E-state index contributed by atoms with van der Waals surface area (Å²) in [6, 6.07) is 19.7. The number of nitrogens with zero attached hydrogens (tertiary/aromatic N) is 1. The molecular formula is C19H23ClN2. The topological polar surface area (TPSA) is 15.3 Å². The van der Waals surface area contributed by atoms with E-state index >= 15 is 0 Å². The second-order valence-electron chi connectivity index (χ2n) is 6.14. The van der Waals surface area contributed by atoms with Gasteiger partial charge in [-0.05, 0) is 56.2 Å². The molecule has 1 atom stereocenters. The smallest absolute Gasteiger partial charge is 0.0578 e. The molecule has 2 aromatic rings. The van der Waals surface area contributed by atoms with E-state index < -0.39 is 0 Å². The van der Waals surface area contributed by atoms with Gasteiger partial charge in [0.15, 0.2) is 0 Å². The zero-order valence-electron chi connectivity index (χ0n) is 13.0. The molecule has 116 valence electrons. The van der Waals surface area contributed by atoms with Crippen molar-refractivity contribution in [3.8, 4) is 0 Å². The summed E-state index contributed by atoms with van der Waals surface area (Å²) in [5.41, 5.74) is 2.58. The predicted molar refractivity (Wildman–Crippen MR) is 93.4 cm³/mol. The maximum Gasteiger partial charge on any atom is 0.0578 e. The highest BCUT2D eigenvalue weighted by molar-refractivity contribution is 6.30. The predicted octanol–water partition coefficient (Wildman–Crippen LogP) is 4.11. The van der Waals surface area contributed by atoms with Crippen LogP contribution in [0.3, 0.4) is 0 Å². The first-order valence-electron chi connectivity index (χ1n) is 7.97. The SMILES string of the molecule is CN1CCC(NC(c2ccccc2)c2ccc(Cl)cc2)CC1. The second-order valence-corrected chi connectivity index (χ2v) is 6.58. The molecule has 1 aliphatic rings. The summed E-state index contributed by atoms with van der Waals surface area (Å²) >= 11 is 6.04. The molecule has 3 heteroatoms. The lowest BCUT2D eigenvalue weighted by molar-refractivity contribution is 0.229. The zero-order chi connectivity index (χ0) is 15.4. The molecule has 0 aliphatic carbocycles. The fraction of sp³-hybridized carbons (Fsp3) is 0.368. The van der Waals surface area contributed by atoms with Crippen molar-refractivity contribution in [2.24, 2.45) is 0 Å². The maximum atomic E-state index is 6.04. The van der Waals surface area contributed by atoms with Gasteiger partial charge in [0.25, 0.3) is 0 Å². The molecule has 0 bridgehead atoms. The van der Waals surface area contributed by atoms with Crippen LogP contribution in [0.25, 0.3) is 0 Å². The average Bonchev–Trinajstić information content (AvgIpc) is 2.56. The fourth-order valence-electron chi connectivity index (χ4n) is 3.10. The minimum atomic E-state index is 0.229. The maximum absolute atomic E-state index is 6.04. The lowest BCUT2D eigenvalue weighted by atomic mass is 9.95. The molecule has 2 nitrogen and oxygen atoms in total. The first-order valence-corrected chi connectivity index (χ1v) is 8.35. The van der Waals surface area contributed by atoms with Gasteiger partial charge in [-0.15, -0.1) is 0 Å². The van der Waals surface area contributed by atoms with Crippen LogP contribution in [-0.4, -0.2) is 31.1 Å². The van der Waals surface area contributed by atoms with Gasteiger partial charge in [0, 0.05) is 11.1 Å². The molecular weight excluding hydrogens is 292 g/mol. The highest BCUT2D eigenvalue weighted by Gasteiger charge is 2.22. The summed E-state index contributed by atoms with van der Waals surface area (Å²) in [4.78, 5) is 2.40. The molecule has 1 saturated heterocycles. The van der Waals surface area contributed by atoms with Gasteiger partial charge >= 0.3 is 0 Å². The first-order chi connectivity index (χ1) is 10.7. The van der Waals surface area contributed by atoms with E-state index in [0.29, 0.717) is 6.04 Å². The standard InChI is InChI=1S/C19H23ClN2/c1-22-13-11-18(12-14-22)21-19(15-5-3-2-4-6-15)16-7-9-17(20)10-8-16/h2-10,18-19,21H,11-14H2,1H3. The van der Waals surface area contributed by atoms with Crippen molar-refractivity contribution >= 4 is 11.6 Å². The van der Waals surface area contributed by atoms with Crippen molar-refractivity contribution in [1.29, 1.82) is 0 Å². The Labute approximate surface area is 138 Å². The van der Waals surface area contributed by atoms with Crippen LogP contribution in [0.1, 0.15) is 30.0 Å². The van der Waals surface area contributed by atoms with Crippen molar-refractivity contribution in [2.75, 3.05) is 20.1 Å². The summed E-state index contributed by atoms with van der Waals surface area (Å²) in [6.07, 6.45) is 2.40. The van der Waals surface area contributed by atoms with Crippen LogP contribution < -0.4 is 5.32 Å². The Bertz CT molecular complexity index is 574. The van der Waals surface area contributed by atoms with Crippen molar-refractivity contribution in [3.63, 3.8) is 0 Å². The van der Waals surface area contributed by atoms with E-state index in [2.05, 4.69) is 59.7 Å². The van der Waals surface area contributed by atoms with Gasteiger partial charge in [0.1, 0.15) is 0 Å². The van der Waals surface area contributed by atoms with Gasteiger partial charge in [-0.25, -0.2) is 0 Å². The molecule has 1 unspecified atom stereocenters. The van der Waals surface area contributed by atoms with Gasteiger partial charge in [-0.3, -0.25) is 0 Å². The second kappa shape index (κ2) is 7.28. The number of benzene rings is 2. The molecule has 22 heavy (non-hydrogen) atoms. The van der Waals surface area contributed by atoms with E-state index in [4.69, 9.17) is 11.6 Å². The number of piperidine rings is 1. The van der Waals surface area contributed by atoms with Crippen LogP contribution in [0, 0.1) is 0 Å². The van der Waals surface area contributed by atoms with E-state index in [0.717, 1.165) is 5.02 Å². The first kappa shape index (κ1) is 15.5. The van der Waals surface area contributed by atoms with Gasteiger partial charge in [0.05, 0.1) is 6.04 Å². The van der Waals surface area contributed by atoms with Gasteiger partial charge < -0.3 is 10.2 Å². The molecule has 0 spiro atoms. The summed E-state index contributed by atoms with van der Waals surface area (Å²) in [5.74, 6) is 0. The van der Waals surface area contributed by atoms with Gasteiger partial charge in [0.2, 0.25) is 0 Å². The summed E-state index contributed by atoms with van der Waals surface area (Å²) in [7, 11) is 2.20. The lowest BCUT2D eigenvalue weighted by Crippen LogP contribution is -2.42. The van der Waals surface area contributed by atoms with Crippen LogP contribution in [0.15, 0.2) is 54.6 Å². The van der Waals surface area contributed by atoms with Gasteiger partial charge in [-0.1, -0.05) is 54.1 Å². The highest BCUT2D eigenvalue weighted by Crippen LogP contribution is 2.25. The Balaban J connectivity index is 1.82. The lowest BCUT2D eigenvalue weighted by Gasteiger charge is -2.33. The Morgan fingerprint density at radius 1 is 0.955 bits per heavy atom. The van der Waals surface area contributed by atoms with E-state index in [1.807, 2.05) is 12.1 Å². The number of likely N-dealkylation sites (tertiary alicyclic amines) is 1. The van der Waals surface area contributed by atoms with Crippen LogP contribution in [0.2, 0.25) is 5.02 Å². The van der Waals surface area contributed by atoms with Crippen molar-refractivity contribution in [3.05, 3.63) is 70.7 Å². The number of hydrogen-bond donors (Lipinski definition) is 1. The Morgan fingerprint density at radius 3 is 2.18 bits per heavy atom. The molecule has 0 saturated carbocycles. The largest absolute Gasteiger partial charge is 0.306 e. The number of hydrogen-bond acceptors (Lipinski definition) is 2. The Hall–Kier alpha value is -1.35. The van der Waals surface area contributed by atoms with Crippen LogP contribution in [-0.2, 0) is 0 Å². The normalized spacial score (nSPS) is 18.3. The molecule has 0 aromatic heterocycles. The molecule has 1 aliphatic heterocycles. The number of nitrogens with one attached hydrogen (secondary N) is 1.